The van der Waals surface area contributed by atoms with Crippen LogP contribution < -0.4 is 9.47 Å². The van der Waals surface area contributed by atoms with E-state index in [9.17, 15) is 8.76 Å². The predicted molar refractivity (Wildman–Crippen MR) is 105 cm³/mol. The Bertz CT molecular complexity index is 914. The van der Waals surface area contributed by atoms with Crippen LogP contribution >= 0.6 is 0 Å². The second kappa shape index (κ2) is 7.94. The lowest BCUT2D eigenvalue weighted by Gasteiger charge is -2.26. The Morgan fingerprint density at radius 1 is 0.741 bits per heavy atom. The molecule has 3 aromatic carbocycles. The van der Waals surface area contributed by atoms with Crippen molar-refractivity contribution in [2.24, 2.45) is 0 Å². The molecule has 0 saturated carbocycles. The van der Waals surface area contributed by atoms with Crippen LogP contribution in [0.15, 0.2) is 77.7 Å². The monoisotopic (exact) mass is 381 g/mol. The summed E-state index contributed by atoms with van der Waals surface area (Å²) >= 11 is -2.23. The Hall–Kier alpha value is -2.63. The fraction of sp³-hybridized carbons (Fsp3) is 0.182. The van der Waals surface area contributed by atoms with Crippen LogP contribution in [0.1, 0.15) is 25.0 Å². The first kappa shape index (κ1) is 19.1. The van der Waals surface area contributed by atoms with Crippen LogP contribution in [-0.2, 0) is 16.5 Å². The van der Waals surface area contributed by atoms with Crippen LogP contribution in [0, 0.1) is 0 Å². The average molecular weight is 381 g/mol. The minimum absolute atomic E-state index is 0.162. The van der Waals surface area contributed by atoms with Crippen molar-refractivity contribution in [2.75, 3.05) is 7.11 Å². The lowest BCUT2D eigenvalue weighted by Crippen LogP contribution is -2.18. The highest BCUT2D eigenvalue weighted by Crippen LogP contribution is 2.34. The molecule has 0 saturated heterocycles. The summed E-state index contributed by atoms with van der Waals surface area (Å²) in [5.74, 6) is 2.12. The van der Waals surface area contributed by atoms with Gasteiger partial charge in [0.05, 0.1) is 7.11 Å². The van der Waals surface area contributed by atoms with Gasteiger partial charge in [-0.2, -0.15) is 0 Å². The Labute approximate surface area is 162 Å². The van der Waals surface area contributed by atoms with E-state index < -0.39 is 11.1 Å². The smallest absolute Gasteiger partial charge is 0.127 e. The number of hydrogen-bond acceptors (Lipinski definition) is 4. The third-order valence-electron chi connectivity index (χ3n) is 4.64. The maximum absolute atomic E-state index is 10.9. The van der Waals surface area contributed by atoms with Crippen molar-refractivity contribution < 1.29 is 18.2 Å². The average Bonchev–Trinajstić information content (AvgIpc) is 2.69. The van der Waals surface area contributed by atoms with E-state index in [1.807, 2.05) is 36.4 Å². The molecule has 0 aliphatic rings. The molecule has 140 valence electrons. The minimum Gasteiger partial charge on any atom is -0.768 e. The van der Waals surface area contributed by atoms with Gasteiger partial charge in [0.2, 0.25) is 0 Å². The Balaban J connectivity index is 1.76. The molecule has 4 nitrogen and oxygen atoms in total. The van der Waals surface area contributed by atoms with Crippen molar-refractivity contribution in [3.8, 4) is 17.2 Å². The summed E-state index contributed by atoms with van der Waals surface area (Å²) in [6.07, 6.45) is 0. The molecule has 0 N–H and O–H groups in total. The predicted octanol–water partition coefficient (Wildman–Crippen LogP) is 5.05. The van der Waals surface area contributed by atoms with Crippen LogP contribution in [-0.4, -0.2) is 15.9 Å². The molecular formula is C22H21O4S-. The number of methoxy groups -OCH3 is 1. The molecule has 0 amide bonds. The van der Waals surface area contributed by atoms with Gasteiger partial charge in [-0.25, -0.2) is 0 Å². The van der Waals surface area contributed by atoms with Crippen molar-refractivity contribution in [3.05, 3.63) is 83.9 Å². The Morgan fingerprint density at radius 2 is 1.15 bits per heavy atom. The third kappa shape index (κ3) is 4.38. The molecule has 0 spiro atoms. The lowest BCUT2D eigenvalue weighted by molar-refractivity contribution is 0.414. The normalized spacial score (nSPS) is 12.4. The largest absolute Gasteiger partial charge is 0.768 e. The third-order valence-corrected chi connectivity index (χ3v) is 5.30. The molecule has 3 rings (SSSR count). The van der Waals surface area contributed by atoms with E-state index in [0.717, 1.165) is 11.3 Å². The molecule has 0 aliphatic heterocycles. The second-order valence-electron chi connectivity index (χ2n) is 6.69. The highest BCUT2D eigenvalue weighted by Gasteiger charge is 2.23. The van der Waals surface area contributed by atoms with Crippen molar-refractivity contribution >= 4 is 11.1 Å². The zero-order valence-corrected chi connectivity index (χ0v) is 16.3. The van der Waals surface area contributed by atoms with E-state index in [0.29, 0.717) is 11.5 Å². The van der Waals surface area contributed by atoms with Gasteiger partial charge in [0, 0.05) is 10.3 Å². The molecule has 0 heterocycles. The van der Waals surface area contributed by atoms with Gasteiger partial charge in [0.25, 0.3) is 0 Å². The highest BCUT2D eigenvalue weighted by molar-refractivity contribution is 7.79. The molecule has 3 aromatic rings. The van der Waals surface area contributed by atoms with E-state index in [1.54, 1.807) is 19.2 Å². The van der Waals surface area contributed by atoms with Crippen LogP contribution in [0.4, 0.5) is 0 Å². The number of ether oxygens (including phenoxy) is 2. The number of hydrogen-bond donors (Lipinski definition) is 0. The van der Waals surface area contributed by atoms with Crippen LogP contribution in [0.25, 0.3) is 0 Å². The molecular weight excluding hydrogens is 360 g/mol. The first-order chi connectivity index (χ1) is 12.9. The number of rotatable bonds is 6. The Kier molecular flexibility index (Phi) is 5.63. The first-order valence-corrected chi connectivity index (χ1v) is 9.60. The molecule has 0 bridgehead atoms. The zero-order valence-electron chi connectivity index (χ0n) is 15.5. The first-order valence-electron chi connectivity index (χ1n) is 8.52. The summed E-state index contributed by atoms with van der Waals surface area (Å²) in [6, 6.07) is 22.3. The molecule has 5 heteroatoms. The van der Waals surface area contributed by atoms with Gasteiger partial charge in [-0.1, -0.05) is 38.1 Å². The van der Waals surface area contributed by atoms with E-state index in [4.69, 9.17) is 9.47 Å². The van der Waals surface area contributed by atoms with Gasteiger partial charge >= 0.3 is 0 Å². The van der Waals surface area contributed by atoms with E-state index in [-0.39, 0.29) is 10.3 Å². The molecule has 1 atom stereocenters. The summed E-state index contributed by atoms with van der Waals surface area (Å²) < 4.78 is 32.8. The topological polar surface area (TPSA) is 58.6 Å². The van der Waals surface area contributed by atoms with Crippen molar-refractivity contribution in [1.29, 1.82) is 0 Å². The van der Waals surface area contributed by atoms with Crippen molar-refractivity contribution in [1.82, 2.24) is 0 Å². The fourth-order valence-corrected chi connectivity index (χ4v) is 3.23. The van der Waals surface area contributed by atoms with Crippen LogP contribution in [0.2, 0.25) is 0 Å². The molecule has 0 radical (unpaired) electrons. The quantitative estimate of drug-likeness (QED) is 0.561. The van der Waals surface area contributed by atoms with Gasteiger partial charge in [-0.05, 0) is 70.7 Å². The Morgan fingerprint density at radius 3 is 1.56 bits per heavy atom. The molecule has 0 fully saturated rings. The van der Waals surface area contributed by atoms with Gasteiger partial charge in [0.1, 0.15) is 17.2 Å². The lowest BCUT2D eigenvalue weighted by atomic mass is 9.78. The summed E-state index contributed by atoms with van der Waals surface area (Å²) in [6.45, 7) is 4.35. The van der Waals surface area contributed by atoms with Crippen LogP contribution in [0.3, 0.4) is 0 Å². The minimum atomic E-state index is -2.23. The molecule has 0 aromatic heterocycles. The SMILES string of the molecule is COc1ccc(C(C)(C)c2ccc(Oc3ccc(S(=O)[O-])cc3)cc2)cc1. The standard InChI is InChI=1S/C22H22O4S/c1-22(2,16-4-8-18(25-3)9-5-16)17-6-10-19(11-7-17)26-20-12-14-21(15-13-20)27(23)24/h4-15H,1-3H3,(H,23,24)/p-1. The van der Waals surface area contributed by atoms with Gasteiger partial charge in [0.15, 0.2) is 0 Å². The van der Waals surface area contributed by atoms with Crippen molar-refractivity contribution in [3.63, 3.8) is 0 Å². The second-order valence-corrected chi connectivity index (χ2v) is 7.63. The summed E-state index contributed by atoms with van der Waals surface area (Å²) in [5.41, 5.74) is 2.19. The number of benzene rings is 3. The fourth-order valence-electron chi connectivity index (χ4n) is 2.87. The molecule has 27 heavy (non-hydrogen) atoms. The molecule has 1 unspecified atom stereocenters. The van der Waals surface area contributed by atoms with Crippen LogP contribution in [0.5, 0.6) is 17.2 Å². The van der Waals surface area contributed by atoms with Gasteiger partial charge in [-0.3, -0.25) is 4.21 Å². The maximum atomic E-state index is 10.9. The summed E-state index contributed by atoms with van der Waals surface area (Å²) in [7, 11) is 1.66. The summed E-state index contributed by atoms with van der Waals surface area (Å²) in [5, 5.41) is 0. The van der Waals surface area contributed by atoms with E-state index >= 15 is 0 Å². The molecule has 0 aliphatic carbocycles. The van der Waals surface area contributed by atoms with E-state index in [2.05, 4.69) is 26.0 Å². The maximum Gasteiger partial charge on any atom is 0.127 e. The van der Waals surface area contributed by atoms with Gasteiger partial charge in [-0.15, -0.1) is 0 Å². The van der Waals surface area contributed by atoms with Crippen molar-refractivity contribution in [2.45, 2.75) is 24.2 Å². The van der Waals surface area contributed by atoms with Gasteiger partial charge < -0.3 is 14.0 Å². The highest BCUT2D eigenvalue weighted by atomic mass is 32.2. The summed E-state index contributed by atoms with van der Waals surface area (Å²) in [4.78, 5) is 0.235. The van der Waals surface area contributed by atoms with E-state index in [1.165, 1.54) is 17.7 Å². The zero-order chi connectivity index (χ0) is 19.4.